The molecule has 4 nitrogen and oxygen atoms in total. The molecule has 0 amide bonds. The molecule has 3 rings (SSSR count). The summed E-state index contributed by atoms with van der Waals surface area (Å²) in [6, 6.07) is 11.3. The number of nitrogens with one attached hydrogen (secondary N) is 1. The van der Waals surface area contributed by atoms with Crippen molar-refractivity contribution in [1.82, 2.24) is 9.88 Å². The van der Waals surface area contributed by atoms with Gasteiger partial charge < -0.3 is 10.1 Å². The van der Waals surface area contributed by atoms with E-state index in [9.17, 15) is 0 Å². The number of methoxy groups -OCH3 is 1. The molecule has 1 aliphatic rings. The van der Waals surface area contributed by atoms with Crippen molar-refractivity contribution >= 4 is 16.7 Å². The fourth-order valence-corrected chi connectivity index (χ4v) is 2.75. The molecule has 0 atom stereocenters. The largest absolute Gasteiger partial charge is 0.383 e. The second kappa shape index (κ2) is 6.41. The van der Waals surface area contributed by atoms with Gasteiger partial charge in [-0.25, -0.2) is 4.98 Å². The summed E-state index contributed by atoms with van der Waals surface area (Å²) in [7, 11) is 3.71. The van der Waals surface area contributed by atoms with E-state index in [2.05, 4.69) is 34.5 Å². The van der Waals surface area contributed by atoms with Gasteiger partial charge in [0.25, 0.3) is 0 Å². The van der Waals surface area contributed by atoms with E-state index in [1.807, 2.05) is 13.1 Å². The summed E-state index contributed by atoms with van der Waals surface area (Å²) in [5.41, 5.74) is 2.31. The fourth-order valence-electron chi connectivity index (χ4n) is 2.75. The van der Waals surface area contributed by atoms with Crippen LogP contribution in [-0.2, 0) is 11.3 Å². The Morgan fingerprint density at radius 1 is 1.33 bits per heavy atom. The molecule has 0 aliphatic heterocycles. The van der Waals surface area contributed by atoms with E-state index in [0.717, 1.165) is 37.1 Å². The van der Waals surface area contributed by atoms with Crippen LogP contribution in [0.15, 0.2) is 30.3 Å². The van der Waals surface area contributed by atoms with Gasteiger partial charge in [-0.3, -0.25) is 4.90 Å². The fraction of sp³-hybridized carbons (Fsp3) is 0.471. The van der Waals surface area contributed by atoms with Gasteiger partial charge in [0.1, 0.15) is 5.82 Å². The normalized spacial score (nSPS) is 14.8. The minimum atomic E-state index is 0.719. The van der Waals surface area contributed by atoms with Gasteiger partial charge in [0.15, 0.2) is 0 Å². The number of pyridine rings is 1. The summed E-state index contributed by atoms with van der Waals surface area (Å²) in [6.07, 6.45) is 2.61. The molecule has 21 heavy (non-hydrogen) atoms. The zero-order chi connectivity index (χ0) is 14.7. The van der Waals surface area contributed by atoms with Gasteiger partial charge in [-0.05, 0) is 25.0 Å². The second-order valence-electron chi connectivity index (χ2n) is 5.63. The molecule has 0 bridgehead atoms. The Balaban J connectivity index is 1.86. The van der Waals surface area contributed by atoms with Crippen LogP contribution in [0.4, 0.5) is 5.82 Å². The van der Waals surface area contributed by atoms with Crippen molar-refractivity contribution < 1.29 is 4.74 Å². The zero-order valence-corrected chi connectivity index (χ0v) is 12.8. The molecular weight excluding hydrogens is 262 g/mol. The van der Waals surface area contributed by atoms with Gasteiger partial charge in [-0.1, -0.05) is 18.2 Å². The van der Waals surface area contributed by atoms with Gasteiger partial charge in [0.2, 0.25) is 0 Å². The highest BCUT2D eigenvalue weighted by molar-refractivity contribution is 5.81. The molecule has 0 spiro atoms. The van der Waals surface area contributed by atoms with E-state index in [-0.39, 0.29) is 0 Å². The van der Waals surface area contributed by atoms with E-state index in [4.69, 9.17) is 9.72 Å². The topological polar surface area (TPSA) is 37.4 Å². The minimum Gasteiger partial charge on any atom is -0.383 e. The Morgan fingerprint density at radius 3 is 2.86 bits per heavy atom. The molecule has 1 aromatic heterocycles. The molecule has 112 valence electrons. The number of aromatic nitrogens is 1. The van der Waals surface area contributed by atoms with Crippen LogP contribution in [-0.4, -0.2) is 43.2 Å². The molecule has 1 aromatic carbocycles. The lowest BCUT2D eigenvalue weighted by Gasteiger charge is -2.23. The van der Waals surface area contributed by atoms with E-state index in [0.29, 0.717) is 0 Å². The van der Waals surface area contributed by atoms with Crippen molar-refractivity contribution in [3.63, 3.8) is 0 Å². The van der Waals surface area contributed by atoms with Crippen LogP contribution >= 0.6 is 0 Å². The number of anilines is 1. The summed E-state index contributed by atoms with van der Waals surface area (Å²) in [6.45, 7) is 2.70. The quantitative estimate of drug-likeness (QED) is 0.849. The Morgan fingerprint density at radius 2 is 2.14 bits per heavy atom. The van der Waals surface area contributed by atoms with Gasteiger partial charge >= 0.3 is 0 Å². The minimum absolute atomic E-state index is 0.719. The van der Waals surface area contributed by atoms with Crippen LogP contribution in [0, 0.1) is 0 Å². The van der Waals surface area contributed by atoms with Crippen molar-refractivity contribution in [1.29, 1.82) is 0 Å². The van der Waals surface area contributed by atoms with Crippen LogP contribution in [0.3, 0.4) is 0 Å². The highest BCUT2D eigenvalue weighted by Crippen LogP contribution is 2.30. The lowest BCUT2D eigenvalue weighted by Crippen LogP contribution is -2.29. The first-order chi connectivity index (χ1) is 10.3. The molecule has 0 saturated heterocycles. The predicted molar refractivity (Wildman–Crippen MR) is 86.6 cm³/mol. The van der Waals surface area contributed by atoms with E-state index < -0.39 is 0 Å². The Labute approximate surface area is 126 Å². The average molecular weight is 285 g/mol. The summed E-state index contributed by atoms with van der Waals surface area (Å²) in [5.74, 6) is 0.983. The molecule has 1 aliphatic carbocycles. The summed E-state index contributed by atoms with van der Waals surface area (Å²) >= 11 is 0. The van der Waals surface area contributed by atoms with Gasteiger partial charge in [0, 0.05) is 44.2 Å². The van der Waals surface area contributed by atoms with Crippen LogP contribution in [0.5, 0.6) is 0 Å². The van der Waals surface area contributed by atoms with Crippen molar-refractivity contribution in [2.45, 2.75) is 25.4 Å². The number of nitrogens with zero attached hydrogens (tertiary/aromatic N) is 2. The van der Waals surface area contributed by atoms with Gasteiger partial charge in [-0.15, -0.1) is 0 Å². The van der Waals surface area contributed by atoms with E-state index >= 15 is 0 Å². The van der Waals surface area contributed by atoms with E-state index in [1.54, 1.807) is 7.11 Å². The maximum absolute atomic E-state index is 5.24. The van der Waals surface area contributed by atoms with E-state index in [1.165, 1.54) is 23.8 Å². The first kappa shape index (κ1) is 14.3. The number of rotatable bonds is 7. The first-order valence-electron chi connectivity index (χ1n) is 7.61. The van der Waals surface area contributed by atoms with Gasteiger partial charge in [0.05, 0.1) is 12.1 Å². The monoisotopic (exact) mass is 285 g/mol. The number of fused-ring (bicyclic) bond motifs is 1. The average Bonchev–Trinajstić information content (AvgIpc) is 3.35. The van der Waals surface area contributed by atoms with Gasteiger partial charge in [-0.2, -0.15) is 0 Å². The Hall–Kier alpha value is -1.65. The number of benzene rings is 1. The Bertz CT molecular complexity index is 610. The molecule has 0 unspecified atom stereocenters. The molecule has 0 radical (unpaired) electrons. The molecular formula is C17H23N3O. The molecule has 4 heteroatoms. The summed E-state index contributed by atoms with van der Waals surface area (Å²) in [4.78, 5) is 7.25. The lowest BCUT2D eigenvalue weighted by molar-refractivity contribution is 0.139. The summed E-state index contributed by atoms with van der Waals surface area (Å²) < 4.78 is 5.24. The number of hydrogen-bond donors (Lipinski definition) is 1. The Kier molecular flexibility index (Phi) is 4.36. The van der Waals surface area contributed by atoms with Crippen LogP contribution < -0.4 is 5.32 Å². The van der Waals surface area contributed by atoms with Crippen molar-refractivity contribution in [2.75, 3.05) is 32.6 Å². The van der Waals surface area contributed by atoms with Crippen molar-refractivity contribution in [2.24, 2.45) is 0 Å². The van der Waals surface area contributed by atoms with Crippen LogP contribution in [0.25, 0.3) is 10.9 Å². The third-order valence-corrected chi connectivity index (χ3v) is 4.06. The number of para-hydroxylation sites is 1. The predicted octanol–water partition coefficient (Wildman–Crippen LogP) is 2.89. The molecule has 1 saturated carbocycles. The molecule has 2 aromatic rings. The third kappa shape index (κ3) is 3.34. The smallest absolute Gasteiger partial charge is 0.130 e. The lowest BCUT2D eigenvalue weighted by atomic mass is 10.1. The summed E-state index contributed by atoms with van der Waals surface area (Å²) in [5, 5.41) is 4.44. The maximum Gasteiger partial charge on any atom is 0.130 e. The van der Waals surface area contributed by atoms with Crippen LogP contribution in [0.1, 0.15) is 18.4 Å². The zero-order valence-electron chi connectivity index (χ0n) is 12.8. The maximum atomic E-state index is 5.24. The third-order valence-electron chi connectivity index (χ3n) is 4.06. The first-order valence-corrected chi connectivity index (χ1v) is 7.61. The standard InChI is InChI=1S/C17H23N3O/c1-18-17-14(11-13-5-3-4-6-16(13)19-17)12-20(9-10-21-2)15-7-8-15/h3-6,11,15H,7-10,12H2,1-2H3,(H,18,19). The second-order valence-corrected chi connectivity index (χ2v) is 5.63. The number of ether oxygens (including phenoxy) is 1. The van der Waals surface area contributed by atoms with Crippen LogP contribution in [0.2, 0.25) is 0 Å². The van der Waals surface area contributed by atoms with Crippen molar-refractivity contribution in [3.8, 4) is 0 Å². The SMILES string of the molecule is CNc1nc2ccccc2cc1CN(CCOC)C1CC1. The molecule has 1 fully saturated rings. The van der Waals surface area contributed by atoms with Crippen molar-refractivity contribution in [3.05, 3.63) is 35.9 Å². The molecule has 1 N–H and O–H groups in total. The number of hydrogen-bond acceptors (Lipinski definition) is 4. The molecule has 1 heterocycles. The highest BCUT2D eigenvalue weighted by Gasteiger charge is 2.29. The highest BCUT2D eigenvalue weighted by atomic mass is 16.5.